The van der Waals surface area contributed by atoms with Crippen LogP contribution in [0.1, 0.15) is 44.4 Å². The number of hydrogen-bond acceptors (Lipinski definition) is 4. The van der Waals surface area contributed by atoms with Gasteiger partial charge in [-0.25, -0.2) is 4.39 Å². The van der Waals surface area contributed by atoms with Gasteiger partial charge in [0.2, 0.25) is 17.6 Å². The number of nitrogens with zero attached hydrogens (tertiary/aromatic N) is 2. The first kappa shape index (κ1) is 16.2. The quantitative estimate of drug-likeness (QED) is 0.902. The van der Waals surface area contributed by atoms with Crippen LogP contribution in [0.2, 0.25) is 0 Å². The second-order valence-corrected chi connectivity index (χ2v) is 7.14. The highest BCUT2D eigenvalue weighted by Crippen LogP contribution is 2.56. The number of aromatic nitrogens is 2. The Labute approximate surface area is 146 Å². The Hall–Kier alpha value is -2.24. The second-order valence-electron chi connectivity index (χ2n) is 7.14. The van der Waals surface area contributed by atoms with Crippen molar-refractivity contribution in [2.45, 2.75) is 38.5 Å². The zero-order chi connectivity index (χ0) is 17.4. The summed E-state index contributed by atoms with van der Waals surface area (Å²) in [6, 6.07) is 6.03. The third-order valence-corrected chi connectivity index (χ3v) is 5.60. The van der Waals surface area contributed by atoms with E-state index < -0.39 is 0 Å². The molecule has 1 N–H and O–H groups in total. The van der Waals surface area contributed by atoms with Crippen molar-refractivity contribution in [3.63, 3.8) is 0 Å². The number of nitrogens with one attached hydrogen (secondary N) is 1. The molecule has 0 unspecified atom stereocenters. The van der Waals surface area contributed by atoms with Gasteiger partial charge in [-0.15, -0.1) is 0 Å². The second kappa shape index (κ2) is 6.58. The number of halogens is 1. The van der Waals surface area contributed by atoms with Crippen molar-refractivity contribution >= 4 is 5.91 Å². The van der Waals surface area contributed by atoms with Gasteiger partial charge < -0.3 is 9.84 Å². The zero-order valence-corrected chi connectivity index (χ0v) is 14.2. The number of benzene rings is 1. The Bertz CT molecular complexity index is 758. The summed E-state index contributed by atoms with van der Waals surface area (Å²) in [5.74, 6) is 1.57. The molecule has 5 nitrogen and oxygen atoms in total. The van der Waals surface area contributed by atoms with Gasteiger partial charge in [0.25, 0.3) is 0 Å². The predicted octanol–water partition coefficient (Wildman–Crippen LogP) is 3.53. The third-order valence-electron chi connectivity index (χ3n) is 5.60. The summed E-state index contributed by atoms with van der Waals surface area (Å²) in [4.78, 5) is 17.2. The lowest BCUT2D eigenvalue weighted by Crippen LogP contribution is -2.37. The highest BCUT2D eigenvalue weighted by Gasteiger charge is 2.53. The Morgan fingerprint density at radius 2 is 2.04 bits per heavy atom. The number of hydrogen-bond donors (Lipinski definition) is 1. The summed E-state index contributed by atoms with van der Waals surface area (Å²) >= 11 is 0. The molecule has 2 aromatic rings. The molecule has 1 aromatic carbocycles. The van der Waals surface area contributed by atoms with E-state index in [9.17, 15) is 9.18 Å². The molecule has 4 rings (SSSR count). The highest BCUT2D eigenvalue weighted by molar-refractivity contribution is 5.80. The Morgan fingerprint density at radius 1 is 1.28 bits per heavy atom. The van der Waals surface area contributed by atoms with Crippen LogP contribution in [0, 0.1) is 23.6 Å². The van der Waals surface area contributed by atoms with Crippen LogP contribution >= 0.6 is 0 Å². The molecule has 1 aromatic heterocycles. The van der Waals surface area contributed by atoms with E-state index in [0.29, 0.717) is 35.7 Å². The molecule has 0 saturated heterocycles. The summed E-state index contributed by atoms with van der Waals surface area (Å²) in [7, 11) is 0. The maximum atomic E-state index is 13.1. The van der Waals surface area contributed by atoms with Gasteiger partial charge in [0.05, 0.1) is 11.8 Å². The van der Waals surface area contributed by atoms with Crippen LogP contribution in [-0.2, 0) is 4.79 Å². The molecular formula is C19H22FN3O2. The minimum atomic E-state index is -0.298. The summed E-state index contributed by atoms with van der Waals surface area (Å²) in [6.45, 7) is 2.75. The Morgan fingerprint density at radius 3 is 2.80 bits per heavy atom. The molecule has 2 aliphatic carbocycles. The van der Waals surface area contributed by atoms with E-state index >= 15 is 0 Å². The Balaban J connectivity index is 1.59. The minimum absolute atomic E-state index is 0.00250. The largest absolute Gasteiger partial charge is 0.356 e. The van der Waals surface area contributed by atoms with E-state index in [1.54, 1.807) is 12.1 Å². The SMILES string of the molecule is CCCNC(=O)[C@H]1[C@H]2CC[C@H](C2)[C@@H]1c1nc(-c2ccc(F)cc2)no1. The maximum Gasteiger partial charge on any atom is 0.231 e. The average Bonchev–Trinajstić information content (AvgIpc) is 3.35. The summed E-state index contributed by atoms with van der Waals surface area (Å²) < 4.78 is 18.6. The molecule has 1 heterocycles. The lowest BCUT2D eigenvalue weighted by molar-refractivity contribution is -0.127. The lowest BCUT2D eigenvalue weighted by Gasteiger charge is -2.27. The van der Waals surface area contributed by atoms with Crippen LogP contribution in [0.3, 0.4) is 0 Å². The maximum absolute atomic E-state index is 13.1. The summed E-state index contributed by atoms with van der Waals surface area (Å²) in [5.41, 5.74) is 0.714. The number of carbonyl (C=O) groups excluding carboxylic acids is 1. The first-order valence-electron chi connectivity index (χ1n) is 9.04. The van der Waals surface area contributed by atoms with E-state index in [1.807, 2.05) is 6.92 Å². The van der Waals surface area contributed by atoms with Crippen LogP contribution in [-0.4, -0.2) is 22.6 Å². The molecule has 0 aliphatic heterocycles. The van der Waals surface area contributed by atoms with Gasteiger partial charge in [-0.05, 0) is 61.8 Å². The molecule has 2 aliphatic rings. The van der Waals surface area contributed by atoms with Gasteiger partial charge in [-0.1, -0.05) is 12.1 Å². The van der Waals surface area contributed by atoms with Crippen LogP contribution in [0.15, 0.2) is 28.8 Å². The molecule has 2 fully saturated rings. The summed E-state index contributed by atoms with van der Waals surface area (Å²) in [5, 5.41) is 7.09. The van der Waals surface area contributed by atoms with E-state index in [0.717, 1.165) is 25.7 Å². The topological polar surface area (TPSA) is 68.0 Å². The molecule has 6 heteroatoms. The number of rotatable bonds is 5. The minimum Gasteiger partial charge on any atom is -0.356 e. The first-order valence-corrected chi connectivity index (χ1v) is 9.04. The predicted molar refractivity (Wildman–Crippen MR) is 90.1 cm³/mol. The van der Waals surface area contributed by atoms with Crippen LogP contribution in [0.25, 0.3) is 11.4 Å². The zero-order valence-electron chi connectivity index (χ0n) is 14.2. The molecular weight excluding hydrogens is 321 g/mol. The normalized spacial score (nSPS) is 27.6. The third kappa shape index (κ3) is 2.94. The molecule has 2 saturated carbocycles. The molecule has 2 bridgehead atoms. The standard InChI is InChI=1S/C19H22FN3O2/c1-2-9-21-18(24)15-12-3-4-13(10-12)16(15)19-22-17(23-25-19)11-5-7-14(20)8-6-11/h5-8,12-13,15-16H,2-4,9-10H2,1H3,(H,21,24)/t12-,13+,15-,16-/m0/s1. The highest BCUT2D eigenvalue weighted by atomic mass is 19.1. The van der Waals surface area contributed by atoms with Crippen molar-refractivity contribution in [2.24, 2.45) is 17.8 Å². The van der Waals surface area contributed by atoms with E-state index in [-0.39, 0.29) is 23.6 Å². The number of carbonyl (C=O) groups is 1. The summed E-state index contributed by atoms with van der Waals surface area (Å²) in [6.07, 6.45) is 4.20. The number of amides is 1. The molecule has 1 amide bonds. The van der Waals surface area contributed by atoms with Gasteiger partial charge >= 0.3 is 0 Å². The van der Waals surface area contributed by atoms with Gasteiger partial charge in [-0.3, -0.25) is 4.79 Å². The van der Waals surface area contributed by atoms with Gasteiger partial charge in [0.1, 0.15) is 5.82 Å². The van der Waals surface area contributed by atoms with Crippen LogP contribution < -0.4 is 5.32 Å². The van der Waals surface area contributed by atoms with Crippen molar-refractivity contribution in [3.8, 4) is 11.4 Å². The fourth-order valence-corrected chi connectivity index (χ4v) is 4.48. The van der Waals surface area contributed by atoms with Gasteiger partial charge in [0.15, 0.2) is 0 Å². The van der Waals surface area contributed by atoms with Gasteiger partial charge in [-0.2, -0.15) is 4.98 Å². The average molecular weight is 343 g/mol. The molecule has 132 valence electrons. The monoisotopic (exact) mass is 343 g/mol. The fourth-order valence-electron chi connectivity index (χ4n) is 4.48. The van der Waals surface area contributed by atoms with E-state index in [1.165, 1.54) is 12.1 Å². The fraction of sp³-hybridized carbons (Fsp3) is 0.526. The van der Waals surface area contributed by atoms with Gasteiger partial charge in [0, 0.05) is 12.1 Å². The smallest absolute Gasteiger partial charge is 0.231 e. The molecule has 25 heavy (non-hydrogen) atoms. The van der Waals surface area contributed by atoms with Crippen LogP contribution in [0.4, 0.5) is 4.39 Å². The van der Waals surface area contributed by atoms with Crippen molar-refractivity contribution in [3.05, 3.63) is 36.0 Å². The lowest BCUT2D eigenvalue weighted by atomic mass is 9.78. The van der Waals surface area contributed by atoms with Crippen molar-refractivity contribution in [1.82, 2.24) is 15.5 Å². The van der Waals surface area contributed by atoms with E-state index in [2.05, 4.69) is 15.5 Å². The van der Waals surface area contributed by atoms with Crippen molar-refractivity contribution in [2.75, 3.05) is 6.54 Å². The van der Waals surface area contributed by atoms with Crippen LogP contribution in [0.5, 0.6) is 0 Å². The molecule has 0 radical (unpaired) electrons. The van der Waals surface area contributed by atoms with Crippen molar-refractivity contribution < 1.29 is 13.7 Å². The van der Waals surface area contributed by atoms with Crippen molar-refractivity contribution in [1.29, 1.82) is 0 Å². The van der Waals surface area contributed by atoms with E-state index in [4.69, 9.17) is 4.52 Å². The first-order chi connectivity index (χ1) is 12.2. The molecule has 4 atom stereocenters. The molecule has 0 spiro atoms. The number of fused-ring (bicyclic) bond motifs is 2. The Kier molecular flexibility index (Phi) is 4.27.